The van der Waals surface area contributed by atoms with Crippen molar-refractivity contribution in [3.8, 4) is 0 Å². The molecule has 2 amide bonds. The number of nitrogens with one attached hydrogen (secondary N) is 1. The lowest BCUT2D eigenvalue weighted by Gasteiger charge is -2.28. The van der Waals surface area contributed by atoms with E-state index in [-0.39, 0.29) is 23.1 Å². The van der Waals surface area contributed by atoms with Crippen molar-refractivity contribution < 1.29 is 18.0 Å². The largest absolute Gasteiger partial charge is 0.352 e. The molecule has 0 unspecified atom stereocenters. The fraction of sp³-hybridized carbons (Fsp3) is 0.350. The lowest BCUT2D eigenvalue weighted by atomic mass is 10.0. The summed E-state index contributed by atoms with van der Waals surface area (Å²) >= 11 is 0. The first-order valence-electron chi connectivity index (χ1n) is 9.00. The first-order valence-corrected chi connectivity index (χ1v) is 10.9. The summed E-state index contributed by atoms with van der Waals surface area (Å²) in [6.07, 6.45) is 3.83. The highest BCUT2D eigenvalue weighted by molar-refractivity contribution is 7.90. The number of hydrogen-bond acceptors (Lipinski definition) is 5. The summed E-state index contributed by atoms with van der Waals surface area (Å²) in [6, 6.07) is 8.40. The maximum Gasteiger partial charge on any atom is 0.227 e. The lowest BCUT2D eigenvalue weighted by Crippen LogP contribution is -2.37. The van der Waals surface area contributed by atoms with Crippen LogP contribution in [0.2, 0.25) is 0 Å². The van der Waals surface area contributed by atoms with E-state index in [9.17, 15) is 18.0 Å². The zero-order chi connectivity index (χ0) is 20.3. The van der Waals surface area contributed by atoms with Crippen molar-refractivity contribution in [3.63, 3.8) is 0 Å². The van der Waals surface area contributed by atoms with Crippen LogP contribution in [0.25, 0.3) is 0 Å². The van der Waals surface area contributed by atoms with E-state index in [2.05, 4.69) is 10.3 Å². The molecule has 0 saturated carbocycles. The minimum atomic E-state index is -3.24. The molecule has 1 N–H and O–H groups in total. The maximum atomic E-state index is 12.7. The van der Waals surface area contributed by atoms with Gasteiger partial charge in [-0.3, -0.25) is 14.6 Å². The van der Waals surface area contributed by atoms with Crippen LogP contribution < -0.4 is 5.32 Å². The van der Waals surface area contributed by atoms with E-state index in [1.165, 1.54) is 19.1 Å². The fourth-order valence-corrected chi connectivity index (χ4v) is 3.78. The van der Waals surface area contributed by atoms with E-state index in [1.807, 2.05) is 6.07 Å². The second kappa shape index (κ2) is 8.10. The van der Waals surface area contributed by atoms with Gasteiger partial charge in [-0.05, 0) is 34.9 Å². The van der Waals surface area contributed by atoms with E-state index >= 15 is 0 Å². The van der Waals surface area contributed by atoms with Crippen molar-refractivity contribution in [1.29, 1.82) is 0 Å². The molecule has 28 heavy (non-hydrogen) atoms. The van der Waals surface area contributed by atoms with E-state index in [1.54, 1.807) is 23.2 Å². The molecule has 0 fully saturated rings. The monoisotopic (exact) mass is 401 g/mol. The zero-order valence-electron chi connectivity index (χ0n) is 15.9. The van der Waals surface area contributed by atoms with Crippen LogP contribution in [-0.4, -0.2) is 42.9 Å². The van der Waals surface area contributed by atoms with Gasteiger partial charge in [0.05, 0.1) is 11.3 Å². The van der Waals surface area contributed by atoms with Crippen LogP contribution in [0, 0.1) is 0 Å². The molecule has 0 radical (unpaired) electrons. The van der Waals surface area contributed by atoms with Gasteiger partial charge in [-0.2, -0.15) is 0 Å². The number of aromatic nitrogens is 1. The van der Waals surface area contributed by atoms with Gasteiger partial charge in [-0.1, -0.05) is 12.1 Å². The molecule has 0 saturated heterocycles. The number of benzene rings is 1. The Morgan fingerprint density at radius 3 is 2.54 bits per heavy atom. The molecule has 0 aliphatic carbocycles. The number of pyridine rings is 1. The third kappa shape index (κ3) is 4.95. The molecule has 7 nitrogen and oxygen atoms in total. The predicted molar refractivity (Wildman–Crippen MR) is 104 cm³/mol. The molecular weight excluding hydrogens is 378 g/mol. The highest BCUT2D eigenvalue weighted by Gasteiger charge is 2.22. The predicted octanol–water partition coefficient (Wildman–Crippen LogP) is 1.25. The van der Waals surface area contributed by atoms with Gasteiger partial charge < -0.3 is 10.2 Å². The quantitative estimate of drug-likeness (QED) is 0.813. The Labute approximate surface area is 164 Å². The highest BCUT2D eigenvalue weighted by Crippen LogP contribution is 2.20. The number of sulfone groups is 1. The highest BCUT2D eigenvalue weighted by atomic mass is 32.2. The normalized spacial score (nSPS) is 13.7. The SMILES string of the molecule is CC(=O)NCc1cnc2c(c1)CN(C(=O)Cc1ccc(S(C)(=O)=O)cc1)CC2. The third-order valence-electron chi connectivity index (χ3n) is 4.70. The summed E-state index contributed by atoms with van der Waals surface area (Å²) in [5.74, 6) is -0.110. The van der Waals surface area contributed by atoms with Crippen LogP contribution in [0.1, 0.15) is 29.3 Å². The number of carbonyl (C=O) groups is 2. The minimum absolute atomic E-state index is 0.00924. The summed E-state index contributed by atoms with van der Waals surface area (Å²) in [4.78, 5) is 30.3. The number of rotatable bonds is 5. The molecule has 2 aromatic rings. The van der Waals surface area contributed by atoms with Gasteiger partial charge in [-0.15, -0.1) is 0 Å². The van der Waals surface area contributed by atoms with Crippen LogP contribution in [-0.2, 0) is 45.4 Å². The van der Waals surface area contributed by atoms with Gasteiger partial charge in [0.15, 0.2) is 9.84 Å². The Kier molecular flexibility index (Phi) is 5.79. The Balaban J connectivity index is 1.66. The van der Waals surface area contributed by atoms with Crippen molar-refractivity contribution in [2.75, 3.05) is 12.8 Å². The van der Waals surface area contributed by atoms with Gasteiger partial charge in [0.25, 0.3) is 0 Å². The van der Waals surface area contributed by atoms with Crippen molar-refractivity contribution in [2.24, 2.45) is 0 Å². The molecule has 0 spiro atoms. The number of fused-ring (bicyclic) bond motifs is 1. The Bertz CT molecular complexity index is 1000. The average molecular weight is 401 g/mol. The molecule has 1 aliphatic heterocycles. The van der Waals surface area contributed by atoms with E-state index in [0.717, 1.165) is 28.6 Å². The second-order valence-corrected chi connectivity index (χ2v) is 9.03. The summed E-state index contributed by atoms with van der Waals surface area (Å²) in [6.45, 7) is 2.97. The van der Waals surface area contributed by atoms with Crippen molar-refractivity contribution in [3.05, 3.63) is 58.9 Å². The first kappa shape index (κ1) is 20.0. The topological polar surface area (TPSA) is 96.4 Å². The number of amides is 2. The maximum absolute atomic E-state index is 12.7. The smallest absolute Gasteiger partial charge is 0.227 e. The summed E-state index contributed by atoms with van der Waals surface area (Å²) < 4.78 is 23.1. The molecule has 1 aromatic heterocycles. The van der Waals surface area contributed by atoms with Gasteiger partial charge in [-0.25, -0.2) is 8.42 Å². The molecule has 0 atom stereocenters. The summed E-state index contributed by atoms with van der Waals surface area (Å²) in [7, 11) is -3.24. The molecule has 1 aromatic carbocycles. The molecule has 2 heterocycles. The third-order valence-corrected chi connectivity index (χ3v) is 5.83. The van der Waals surface area contributed by atoms with Crippen molar-refractivity contribution in [2.45, 2.75) is 37.8 Å². The molecule has 8 heteroatoms. The van der Waals surface area contributed by atoms with E-state index in [4.69, 9.17) is 0 Å². The number of carbonyl (C=O) groups excluding carboxylic acids is 2. The van der Waals surface area contributed by atoms with Gasteiger partial charge in [0.1, 0.15) is 0 Å². The van der Waals surface area contributed by atoms with E-state index in [0.29, 0.717) is 26.1 Å². The summed E-state index contributed by atoms with van der Waals surface area (Å²) in [5.41, 5.74) is 3.66. The Morgan fingerprint density at radius 1 is 1.18 bits per heavy atom. The molecular formula is C20H23N3O4S. The van der Waals surface area contributed by atoms with Crippen LogP contribution in [0.3, 0.4) is 0 Å². The fourth-order valence-electron chi connectivity index (χ4n) is 3.15. The molecule has 148 valence electrons. The van der Waals surface area contributed by atoms with Gasteiger partial charge in [0.2, 0.25) is 11.8 Å². The van der Waals surface area contributed by atoms with Crippen molar-refractivity contribution in [1.82, 2.24) is 15.2 Å². The van der Waals surface area contributed by atoms with Crippen LogP contribution in [0.4, 0.5) is 0 Å². The van der Waals surface area contributed by atoms with Crippen LogP contribution in [0.15, 0.2) is 41.4 Å². The summed E-state index contributed by atoms with van der Waals surface area (Å²) in [5, 5.41) is 2.75. The zero-order valence-corrected chi connectivity index (χ0v) is 16.8. The van der Waals surface area contributed by atoms with Gasteiger partial charge >= 0.3 is 0 Å². The van der Waals surface area contributed by atoms with Gasteiger partial charge in [0, 0.05) is 51.1 Å². The standard InChI is InChI=1S/C20H23N3O4S/c1-14(24)21-11-16-9-17-13-23(8-7-19(17)22-12-16)20(25)10-15-3-5-18(6-4-15)28(2,26)27/h3-6,9,12H,7-8,10-11,13H2,1-2H3,(H,21,24). The molecule has 0 bridgehead atoms. The average Bonchev–Trinajstić information content (AvgIpc) is 2.65. The number of hydrogen-bond donors (Lipinski definition) is 1. The van der Waals surface area contributed by atoms with Crippen LogP contribution >= 0.6 is 0 Å². The van der Waals surface area contributed by atoms with Crippen molar-refractivity contribution >= 4 is 21.7 Å². The Hall–Kier alpha value is -2.74. The molecule has 1 aliphatic rings. The van der Waals surface area contributed by atoms with Crippen LogP contribution in [0.5, 0.6) is 0 Å². The lowest BCUT2D eigenvalue weighted by molar-refractivity contribution is -0.131. The molecule has 3 rings (SSSR count). The second-order valence-electron chi connectivity index (χ2n) is 7.02. The number of nitrogens with zero attached hydrogens (tertiary/aromatic N) is 2. The minimum Gasteiger partial charge on any atom is -0.352 e. The Morgan fingerprint density at radius 2 is 1.89 bits per heavy atom. The van der Waals surface area contributed by atoms with E-state index < -0.39 is 9.84 Å². The first-order chi connectivity index (χ1) is 13.2.